The summed E-state index contributed by atoms with van der Waals surface area (Å²) in [4.78, 5) is 41.7. The van der Waals surface area contributed by atoms with Crippen LogP contribution in [-0.2, 0) is 21.7 Å². The molecule has 0 radical (unpaired) electrons. The number of carbonyl (C=O) groups excluding carboxylic acids is 3. The Bertz CT molecular complexity index is 961. The summed E-state index contributed by atoms with van der Waals surface area (Å²) in [6.45, 7) is 2.63. The van der Waals surface area contributed by atoms with Crippen LogP contribution in [0.2, 0.25) is 0 Å². The van der Waals surface area contributed by atoms with E-state index in [1.165, 1.54) is 4.90 Å². The maximum absolute atomic E-state index is 13.1. The van der Waals surface area contributed by atoms with Gasteiger partial charge in [0, 0.05) is 11.9 Å². The highest BCUT2D eigenvalue weighted by atomic mass is 32.1. The number of rotatable bonds is 5. The first-order valence-corrected chi connectivity index (χ1v) is 10.1. The largest absolute Gasteiger partial charge is 0.486 e. The van der Waals surface area contributed by atoms with Crippen LogP contribution in [0.15, 0.2) is 35.7 Å². The van der Waals surface area contributed by atoms with E-state index in [9.17, 15) is 14.4 Å². The topological polar surface area (TPSA) is 88.2 Å². The molecular formula is C20H21N3O5S. The predicted molar refractivity (Wildman–Crippen MR) is 106 cm³/mol. The van der Waals surface area contributed by atoms with Crippen LogP contribution >= 0.6 is 11.3 Å². The second kappa shape index (κ2) is 7.40. The summed E-state index contributed by atoms with van der Waals surface area (Å²) >= 11 is 1.54. The second-order valence-corrected chi connectivity index (χ2v) is 8.17. The van der Waals surface area contributed by atoms with E-state index in [2.05, 4.69) is 5.32 Å². The number of nitrogens with one attached hydrogen (secondary N) is 1. The lowest BCUT2D eigenvalue weighted by atomic mass is 9.91. The van der Waals surface area contributed by atoms with Crippen LogP contribution in [0.5, 0.6) is 11.5 Å². The van der Waals surface area contributed by atoms with E-state index in [-0.39, 0.29) is 12.5 Å². The van der Waals surface area contributed by atoms with Crippen molar-refractivity contribution in [1.29, 1.82) is 0 Å². The van der Waals surface area contributed by atoms with Gasteiger partial charge in [-0.15, -0.1) is 11.3 Å². The molecule has 0 spiro atoms. The molecule has 1 fully saturated rings. The normalized spacial score (nSPS) is 20.6. The molecule has 152 valence electrons. The molecule has 29 heavy (non-hydrogen) atoms. The number of ether oxygens (including phenoxy) is 2. The van der Waals surface area contributed by atoms with Crippen molar-refractivity contribution in [2.45, 2.75) is 19.0 Å². The molecule has 4 amide bonds. The van der Waals surface area contributed by atoms with Crippen molar-refractivity contribution in [3.8, 4) is 11.5 Å². The first-order valence-electron chi connectivity index (χ1n) is 9.19. The minimum Gasteiger partial charge on any atom is -0.486 e. The van der Waals surface area contributed by atoms with Crippen molar-refractivity contribution >= 4 is 29.2 Å². The molecule has 1 N–H and O–H groups in total. The molecule has 1 aromatic carbocycles. The van der Waals surface area contributed by atoms with E-state index in [0.717, 1.165) is 9.78 Å². The van der Waals surface area contributed by atoms with Crippen LogP contribution in [0.25, 0.3) is 0 Å². The minimum absolute atomic E-state index is 0.312. The van der Waals surface area contributed by atoms with Crippen molar-refractivity contribution in [1.82, 2.24) is 15.1 Å². The number of thiophene rings is 1. The zero-order chi connectivity index (χ0) is 20.6. The molecule has 2 aliphatic heterocycles. The molecular weight excluding hydrogens is 394 g/mol. The Morgan fingerprint density at radius 2 is 2.00 bits per heavy atom. The van der Waals surface area contributed by atoms with Gasteiger partial charge in [0.25, 0.3) is 5.91 Å². The van der Waals surface area contributed by atoms with Crippen LogP contribution in [0.3, 0.4) is 0 Å². The summed E-state index contributed by atoms with van der Waals surface area (Å²) < 4.78 is 11.1. The minimum atomic E-state index is -1.28. The molecule has 4 rings (SSSR count). The smallest absolute Gasteiger partial charge is 0.325 e. The zero-order valence-corrected chi connectivity index (χ0v) is 17.0. The third-order valence-corrected chi connectivity index (χ3v) is 5.95. The molecule has 1 atom stereocenters. The maximum atomic E-state index is 13.1. The van der Waals surface area contributed by atoms with E-state index in [1.54, 1.807) is 43.5 Å². The molecule has 8 nitrogen and oxygen atoms in total. The van der Waals surface area contributed by atoms with Crippen LogP contribution in [0, 0.1) is 0 Å². The van der Waals surface area contributed by atoms with Gasteiger partial charge in [0.05, 0.1) is 6.54 Å². The quantitative estimate of drug-likeness (QED) is 0.754. The third-order valence-electron chi connectivity index (χ3n) is 5.09. The molecule has 2 aliphatic rings. The fraction of sp³-hybridized carbons (Fsp3) is 0.350. The maximum Gasteiger partial charge on any atom is 0.325 e. The van der Waals surface area contributed by atoms with E-state index < -0.39 is 17.5 Å². The van der Waals surface area contributed by atoms with E-state index >= 15 is 0 Å². The highest BCUT2D eigenvalue weighted by molar-refractivity contribution is 7.09. The number of benzene rings is 1. The van der Waals surface area contributed by atoms with Crippen molar-refractivity contribution < 1.29 is 23.9 Å². The lowest BCUT2D eigenvalue weighted by Gasteiger charge is -2.25. The SMILES string of the molecule is CN(Cc1cccs1)C(=O)CN1C(=O)NC(C)(c2ccc3c(c2)OCCO3)C1=O. The molecule has 0 bridgehead atoms. The van der Waals surface area contributed by atoms with Gasteiger partial charge in [-0.1, -0.05) is 12.1 Å². The summed E-state index contributed by atoms with van der Waals surface area (Å²) in [5, 5.41) is 4.65. The molecule has 1 aromatic heterocycles. The summed E-state index contributed by atoms with van der Waals surface area (Å²) in [6.07, 6.45) is 0. The highest BCUT2D eigenvalue weighted by Gasteiger charge is 2.50. The number of hydrogen-bond donors (Lipinski definition) is 1. The van der Waals surface area contributed by atoms with Crippen LogP contribution < -0.4 is 14.8 Å². The van der Waals surface area contributed by atoms with Gasteiger partial charge >= 0.3 is 6.03 Å². The number of carbonyl (C=O) groups is 3. The number of nitrogens with zero attached hydrogens (tertiary/aromatic N) is 2. The average molecular weight is 415 g/mol. The standard InChI is InChI=1S/C20H21N3O5S/c1-20(13-5-6-15-16(10-13)28-8-7-27-15)18(25)23(19(26)21-20)12-17(24)22(2)11-14-4-3-9-29-14/h3-6,9-10H,7-8,11-12H2,1-2H3,(H,21,26). The Morgan fingerprint density at radius 1 is 1.24 bits per heavy atom. The van der Waals surface area contributed by atoms with Gasteiger partial charge in [0.1, 0.15) is 25.3 Å². The lowest BCUT2D eigenvalue weighted by molar-refractivity contribution is -0.138. The summed E-state index contributed by atoms with van der Waals surface area (Å²) in [7, 11) is 1.65. The van der Waals surface area contributed by atoms with Crippen LogP contribution in [0.4, 0.5) is 4.79 Å². The number of urea groups is 1. The fourth-order valence-corrected chi connectivity index (χ4v) is 4.13. The molecule has 3 heterocycles. The molecule has 9 heteroatoms. The summed E-state index contributed by atoms with van der Waals surface area (Å²) in [6, 6.07) is 8.39. The Hall–Kier alpha value is -3.07. The van der Waals surface area contributed by atoms with Gasteiger partial charge < -0.3 is 19.7 Å². The Kier molecular flexibility index (Phi) is 4.91. The predicted octanol–water partition coefficient (Wildman–Crippen LogP) is 1.94. The second-order valence-electron chi connectivity index (χ2n) is 7.13. The first kappa shape index (κ1) is 19.3. The molecule has 0 saturated carbocycles. The number of likely N-dealkylation sites (N-methyl/N-ethyl adjacent to an activating group) is 1. The van der Waals surface area contributed by atoms with Crippen molar-refractivity contribution in [2.75, 3.05) is 26.8 Å². The van der Waals surface area contributed by atoms with Gasteiger partial charge in [0.15, 0.2) is 11.5 Å². The molecule has 2 aromatic rings. The molecule has 1 saturated heterocycles. The van der Waals surface area contributed by atoms with Crippen molar-refractivity contribution in [3.05, 3.63) is 46.2 Å². The Labute approximate surface area is 172 Å². The Morgan fingerprint density at radius 3 is 2.72 bits per heavy atom. The number of fused-ring (bicyclic) bond motifs is 1. The van der Waals surface area contributed by atoms with Gasteiger partial charge in [-0.3, -0.25) is 14.5 Å². The Balaban J connectivity index is 1.50. The van der Waals surface area contributed by atoms with Gasteiger partial charge in [-0.2, -0.15) is 0 Å². The van der Waals surface area contributed by atoms with Crippen LogP contribution in [-0.4, -0.2) is 54.5 Å². The zero-order valence-electron chi connectivity index (χ0n) is 16.1. The van der Waals surface area contributed by atoms with E-state index in [0.29, 0.717) is 36.8 Å². The van der Waals surface area contributed by atoms with E-state index in [4.69, 9.17) is 9.47 Å². The molecule has 0 aliphatic carbocycles. The number of imide groups is 1. The summed E-state index contributed by atoms with van der Waals surface area (Å²) in [5.74, 6) is 0.343. The molecule has 1 unspecified atom stereocenters. The van der Waals surface area contributed by atoms with Crippen molar-refractivity contribution in [3.63, 3.8) is 0 Å². The monoisotopic (exact) mass is 415 g/mol. The average Bonchev–Trinajstić information content (AvgIpc) is 3.30. The lowest BCUT2D eigenvalue weighted by Crippen LogP contribution is -2.43. The van der Waals surface area contributed by atoms with Gasteiger partial charge in [-0.25, -0.2) is 4.79 Å². The highest BCUT2D eigenvalue weighted by Crippen LogP contribution is 2.36. The number of hydrogen-bond acceptors (Lipinski definition) is 6. The van der Waals surface area contributed by atoms with Gasteiger partial charge in [-0.05, 0) is 36.1 Å². The van der Waals surface area contributed by atoms with Gasteiger partial charge in [0.2, 0.25) is 5.91 Å². The van der Waals surface area contributed by atoms with Crippen LogP contribution in [0.1, 0.15) is 17.4 Å². The van der Waals surface area contributed by atoms with E-state index in [1.807, 2.05) is 17.5 Å². The fourth-order valence-electron chi connectivity index (χ4n) is 3.37. The summed E-state index contributed by atoms with van der Waals surface area (Å²) in [5.41, 5.74) is -0.707. The van der Waals surface area contributed by atoms with Crippen molar-refractivity contribution in [2.24, 2.45) is 0 Å². The number of amides is 4. The third kappa shape index (κ3) is 3.53. The first-order chi connectivity index (χ1) is 13.9.